The first-order valence-corrected chi connectivity index (χ1v) is 8.89. The molecule has 2 fully saturated rings. The fourth-order valence-corrected chi connectivity index (χ4v) is 3.55. The Bertz CT molecular complexity index is 542. The molecule has 1 aromatic heterocycles. The highest BCUT2D eigenvalue weighted by atomic mass is 16.2. The van der Waals surface area contributed by atoms with Gasteiger partial charge in [0.1, 0.15) is 0 Å². The summed E-state index contributed by atoms with van der Waals surface area (Å²) < 4.78 is 0. The number of amides is 2. The summed E-state index contributed by atoms with van der Waals surface area (Å²) in [6.07, 6.45) is 7.09. The largest absolute Gasteiger partial charge is 0.335 e. The molecule has 2 aliphatic rings. The Morgan fingerprint density at radius 1 is 1.38 bits per heavy atom. The van der Waals surface area contributed by atoms with Gasteiger partial charge in [-0.25, -0.2) is 4.79 Å². The Labute approximate surface area is 144 Å². The lowest BCUT2D eigenvalue weighted by molar-refractivity contribution is 0.185. The number of rotatable bonds is 6. The zero-order chi connectivity index (χ0) is 17.0. The van der Waals surface area contributed by atoms with Crippen molar-refractivity contribution in [2.45, 2.75) is 31.8 Å². The number of piperidine rings is 1. The number of carbonyl (C=O) groups is 1. The van der Waals surface area contributed by atoms with E-state index < -0.39 is 0 Å². The Kier molecular flexibility index (Phi) is 5.36. The summed E-state index contributed by atoms with van der Waals surface area (Å²) in [7, 11) is 4.07. The lowest BCUT2D eigenvalue weighted by atomic mass is 9.94. The van der Waals surface area contributed by atoms with Gasteiger partial charge in [0.05, 0.1) is 0 Å². The van der Waals surface area contributed by atoms with Crippen molar-refractivity contribution in [3.05, 3.63) is 30.1 Å². The molecule has 6 nitrogen and oxygen atoms in total. The number of hydrogen-bond donors (Lipinski definition) is 2. The smallest absolute Gasteiger partial charge is 0.317 e. The van der Waals surface area contributed by atoms with Crippen molar-refractivity contribution in [3.8, 4) is 0 Å². The summed E-state index contributed by atoms with van der Waals surface area (Å²) in [5.41, 5.74) is 1.43. The molecule has 132 valence electrons. The number of nitrogens with zero attached hydrogens (tertiary/aromatic N) is 3. The van der Waals surface area contributed by atoms with Crippen molar-refractivity contribution in [2.75, 3.05) is 40.3 Å². The fraction of sp³-hybridized carbons (Fsp3) is 0.667. The van der Waals surface area contributed by atoms with E-state index in [2.05, 4.69) is 20.5 Å². The van der Waals surface area contributed by atoms with Crippen LogP contribution in [-0.4, -0.2) is 67.1 Å². The van der Waals surface area contributed by atoms with Crippen molar-refractivity contribution in [3.63, 3.8) is 0 Å². The Morgan fingerprint density at radius 3 is 2.83 bits per heavy atom. The number of carbonyl (C=O) groups excluding carboxylic acids is 1. The summed E-state index contributed by atoms with van der Waals surface area (Å²) in [6, 6.07) is 4.35. The molecule has 24 heavy (non-hydrogen) atoms. The second-order valence-electron chi connectivity index (χ2n) is 7.40. The van der Waals surface area contributed by atoms with E-state index >= 15 is 0 Å². The highest BCUT2D eigenvalue weighted by Crippen LogP contribution is 2.52. The SMILES string of the molecule is CN(C)CCN(Cc1cccnc1)C(=O)NC1CC12CCNCC2. The second-order valence-corrected chi connectivity index (χ2v) is 7.40. The van der Waals surface area contributed by atoms with Gasteiger partial charge in [-0.05, 0) is 63.5 Å². The standard InChI is InChI=1S/C18H29N5O/c1-22(2)10-11-23(14-15-4-3-7-20-13-15)17(24)21-16-12-18(16)5-8-19-9-6-18/h3-4,7,13,16,19H,5-6,8-12,14H2,1-2H3,(H,21,24). The summed E-state index contributed by atoms with van der Waals surface area (Å²) in [5, 5.41) is 6.69. The van der Waals surface area contributed by atoms with Crippen molar-refractivity contribution < 1.29 is 4.79 Å². The Hall–Kier alpha value is -1.66. The maximum absolute atomic E-state index is 12.8. The van der Waals surface area contributed by atoms with E-state index in [1.165, 1.54) is 12.8 Å². The molecule has 0 aromatic carbocycles. The Balaban J connectivity index is 1.58. The first kappa shape index (κ1) is 17.2. The molecule has 1 unspecified atom stereocenters. The maximum Gasteiger partial charge on any atom is 0.317 e. The summed E-state index contributed by atoms with van der Waals surface area (Å²) >= 11 is 0. The van der Waals surface area contributed by atoms with Gasteiger partial charge in [0.2, 0.25) is 0 Å². The zero-order valence-corrected chi connectivity index (χ0v) is 14.8. The lowest BCUT2D eigenvalue weighted by Crippen LogP contribution is -2.45. The average Bonchev–Trinajstić information content (AvgIpc) is 3.23. The quantitative estimate of drug-likeness (QED) is 0.825. The van der Waals surface area contributed by atoms with Gasteiger partial charge >= 0.3 is 6.03 Å². The van der Waals surface area contributed by atoms with Crippen LogP contribution in [0.15, 0.2) is 24.5 Å². The molecule has 0 bridgehead atoms. The topological polar surface area (TPSA) is 60.5 Å². The number of nitrogens with one attached hydrogen (secondary N) is 2. The highest BCUT2D eigenvalue weighted by Gasteiger charge is 2.54. The molecule has 2 heterocycles. The number of urea groups is 1. The maximum atomic E-state index is 12.8. The third-order valence-corrected chi connectivity index (χ3v) is 5.29. The van der Waals surface area contributed by atoms with E-state index in [4.69, 9.17) is 0 Å². The van der Waals surface area contributed by atoms with Gasteiger partial charge in [-0.15, -0.1) is 0 Å². The molecule has 1 atom stereocenters. The zero-order valence-electron chi connectivity index (χ0n) is 14.8. The molecule has 1 saturated heterocycles. The van der Waals surface area contributed by atoms with Gasteiger partial charge < -0.3 is 20.4 Å². The molecule has 1 aliphatic carbocycles. The summed E-state index contributed by atoms with van der Waals surface area (Å²) in [4.78, 5) is 21.0. The minimum Gasteiger partial charge on any atom is -0.335 e. The van der Waals surface area contributed by atoms with E-state index in [1.807, 2.05) is 37.3 Å². The number of likely N-dealkylation sites (N-methyl/N-ethyl adjacent to an activating group) is 1. The van der Waals surface area contributed by atoms with E-state index in [9.17, 15) is 4.79 Å². The van der Waals surface area contributed by atoms with E-state index in [-0.39, 0.29) is 6.03 Å². The minimum absolute atomic E-state index is 0.0566. The van der Waals surface area contributed by atoms with Crippen molar-refractivity contribution >= 4 is 6.03 Å². The van der Waals surface area contributed by atoms with Gasteiger partial charge in [0.25, 0.3) is 0 Å². The molecular formula is C18H29N5O. The van der Waals surface area contributed by atoms with E-state index in [0.29, 0.717) is 18.0 Å². The lowest BCUT2D eigenvalue weighted by Gasteiger charge is -2.27. The minimum atomic E-state index is 0.0566. The second kappa shape index (κ2) is 7.49. The van der Waals surface area contributed by atoms with Crippen LogP contribution in [-0.2, 0) is 6.54 Å². The van der Waals surface area contributed by atoms with Gasteiger partial charge in [-0.1, -0.05) is 6.07 Å². The van der Waals surface area contributed by atoms with E-state index in [1.54, 1.807) is 6.20 Å². The Morgan fingerprint density at radius 2 is 2.17 bits per heavy atom. The van der Waals surface area contributed by atoms with Crippen molar-refractivity contribution in [1.29, 1.82) is 0 Å². The van der Waals surface area contributed by atoms with Gasteiger partial charge in [0.15, 0.2) is 0 Å². The van der Waals surface area contributed by atoms with Crippen LogP contribution >= 0.6 is 0 Å². The summed E-state index contributed by atoms with van der Waals surface area (Å²) in [5.74, 6) is 0. The van der Waals surface area contributed by atoms with Crippen LogP contribution in [0.25, 0.3) is 0 Å². The van der Waals surface area contributed by atoms with Gasteiger partial charge in [0, 0.05) is 38.1 Å². The fourth-order valence-electron chi connectivity index (χ4n) is 3.55. The molecule has 1 spiro atoms. The van der Waals surface area contributed by atoms with Crippen LogP contribution in [0, 0.1) is 5.41 Å². The highest BCUT2D eigenvalue weighted by molar-refractivity contribution is 5.75. The third kappa shape index (κ3) is 4.24. The average molecular weight is 331 g/mol. The number of aromatic nitrogens is 1. The first-order chi connectivity index (χ1) is 11.6. The van der Waals surface area contributed by atoms with E-state index in [0.717, 1.165) is 38.2 Å². The van der Waals surface area contributed by atoms with Gasteiger partial charge in [-0.2, -0.15) is 0 Å². The molecule has 6 heteroatoms. The number of hydrogen-bond acceptors (Lipinski definition) is 4. The molecule has 1 aromatic rings. The molecule has 1 aliphatic heterocycles. The molecule has 2 N–H and O–H groups in total. The molecule has 3 rings (SSSR count). The monoisotopic (exact) mass is 331 g/mol. The summed E-state index contributed by atoms with van der Waals surface area (Å²) in [6.45, 7) is 4.33. The first-order valence-electron chi connectivity index (χ1n) is 8.89. The van der Waals surface area contributed by atoms with Crippen LogP contribution in [0.4, 0.5) is 4.79 Å². The van der Waals surface area contributed by atoms with Crippen LogP contribution in [0.3, 0.4) is 0 Å². The normalized spacial score (nSPS) is 21.7. The van der Waals surface area contributed by atoms with Crippen molar-refractivity contribution in [2.24, 2.45) is 5.41 Å². The van der Waals surface area contributed by atoms with Gasteiger partial charge in [-0.3, -0.25) is 4.98 Å². The predicted molar refractivity (Wildman–Crippen MR) is 94.7 cm³/mol. The predicted octanol–water partition coefficient (Wildman–Crippen LogP) is 1.30. The van der Waals surface area contributed by atoms with Crippen LogP contribution in [0.1, 0.15) is 24.8 Å². The molecule has 2 amide bonds. The molecular weight excluding hydrogens is 302 g/mol. The van der Waals surface area contributed by atoms with Crippen LogP contribution in [0.5, 0.6) is 0 Å². The molecule has 0 radical (unpaired) electrons. The molecule has 1 saturated carbocycles. The number of pyridine rings is 1. The van der Waals surface area contributed by atoms with Crippen LogP contribution in [0.2, 0.25) is 0 Å². The van der Waals surface area contributed by atoms with Crippen LogP contribution < -0.4 is 10.6 Å². The third-order valence-electron chi connectivity index (χ3n) is 5.29. The van der Waals surface area contributed by atoms with Crippen molar-refractivity contribution in [1.82, 2.24) is 25.4 Å².